The molecule has 5 aromatic carbocycles. The van der Waals surface area contributed by atoms with Gasteiger partial charge in [0.15, 0.2) is 23.3 Å². The number of nitrogens with zero attached hydrogens (tertiary/aromatic N) is 7. The molecule has 10 rings (SSSR count). The van der Waals surface area contributed by atoms with Crippen LogP contribution in [0.1, 0.15) is 0 Å². The fraction of sp³-hybridized carbons (Fsp3) is 0. The van der Waals surface area contributed by atoms with Crippen LogP contribution in [0, 0.1) is 0 Å². The highest BCUT2D eigenvalue weighted by Crippen LogP contribution is 2.39. The van der Waals surface area contributed by atoms with Gasteiger partial charge in [0.25, 0.3) is 0 Å². The van der Waals surface area contributed by atoms with Crippen LogP contribution in [-0.2, 0) is 0 Å². The van der Waals surface area contributed by atoms with Crippen LogP contribution in [0.25, 0.3) is 99.6 Å². The van der Waals surface area contributed by atoms with Crippen molar-refractivity contribution in [2.45, 2.75) is 0 Å². The summed E-state index contributed by atoms with van der Waals surface area (Å²) in [6.07, 6.45) is 3.63. The normalized spacial score (nSPS) is 11.3. The van der Waals surface area contributed by atoms with Crippen molar-refractivity contribution in [2.75, 3.05) is 0 Å². The highest BCUT2D eigenvalue weighted by atomic mass is 32.1. The number of aromatic nitrogens is 7. The Morgan fingerprint density at radius 3 is 1.27 bits per heavy atom. The number of rotatable bonds is 7. The number of benzene rings is 5. The lowest BCUT2D eigenvalue weighted by atomic mass is 10.1. The zero-order valence-corrected chi connectivity index (χ0v) is 30.1. The van der Waals surface area contributed by atoms with Crippen molar-refractivity contribution in [1.82, 2.24) is 34.9 Å². The Morgan fingerprint density at radius 1 is 0.327 bits per heavy atom. The predicted molar refractivity (Wildman–Crippen MR) is 222 cm³/mol. The molecular weight excluding hydrogens is 695 g/mol. The summed E-state index contributed by atoms with van der Waals surface area (Å²) >= 11 is 1.73. The number of hydrogen-bond donors (Lipinski definition) is 0. The van der Waals surface area contributed by atoms with E-state index < -0.39 is 0 Å². The van der Waals surface area contributed by atoms with Gasteiger partial charge in [0, 0.05) is 61.4 Å². The van der Waals surface area contributed by atoms with Crippen LogP contribution in [0.3, 0.4) is 0 Å². The molecule has 0 saturated carbocycles. The highest BCUT2D eigenvalue weighted by molar-refractivity contribution is 7.26. The van der Waals surface area contributed by atoms with Gasteiger partial charge in [-0.2, -0.15) is 0 Å². The Balaban J connectivity index is 1.06. The molecule has 0 atom stereocenters. The maximum Gasteiger partial charge on any atom is 0.165 e. The highest BCUT2D eigenvalue weighted by Gasteiger charge is 2.18. The van der Waals surface area contributed by atoms with Crippen molar-refractivity contribution in [2.24, 2.45) is 0 Å². The van der Waals surface area contributed by atoms with Crippen LogP contribution in [0.5, 0.6) is 0 Å². The summed E-state index contributed by atoms with van der Waals surface area (Å²) in [7, 11) is 0. The molecule has 0 amide bonds. The second-order valence-corrected chi connectivity index (χ2v) is 14.1. The van der Waals surface area contributed by atoms with Gasteiger partial charge in [0.1, 0.15) is 0 Å². The molecule has 0 aliphatic rings. The van der Waals surface area contributed by atoms with Crippen LogP contribution in [-0.4, -0.2) is 34.9 Å². The summed E-state index contributed by atoms with van der Waals surface area (Å²) in [6.45, 7) is 0. The third kappa shape index (κ3) is 6.30. The van der Waals surface area contributed by atoms with Gasteiger partial charge in [-0.05, 0) is 30.3 Å². The fourth-order valence-electron chi connectivity index (χ4n) is 6.65. The van der Waals surface area contributed by atoms with Crippen molar-refractivity contribution in [1.29, 1.82) is 0 Å². The molecule has 55 heavy (non-hydrogen) atoms. The minimum absolute atomic E-state index is 0.522. The maximum atomic E-state index is 5.15. The molecule has 0 saturated heterocycles. The first-order chi connectivity index (χ1) is 27.2. The molecule has 10 aromatic rings. The van der Waals surface area contributed by atoms with Crippen LogP contribution in [0.15, 0.2) is 176 Å². The van der Waals surface area contributed by atoms with Crippen LogP contribution in [0.4, 0.5) is 0 Å². The SMILES string of the molecule is c1ccc(-c2ccc(-c3nc(-c4ccc(-c5nc(-c6ccccc6)c6sc7ccccc7c6n5)cc4)nc(-c4ccc(-c5ccccc5)nc4)n3)cn2)cc1. The topological polar surface area (TPSA) is 90.2 Å². The predicted octanol–water partition coefficient (Wildman–Crippen LogP) is 11.5. The van der Waals surface area contributed by atoms with Gasteiger partial charge < -0.3 is 0 Å². The number of fused-ring (bicyclic) bond motifs is 3. The number of pyridine rings is 2. The molecule has 8 heteroatoms. The van der Waals surface area contributed by atoms with E-state index in [0.717, 1.165) is 71.6 Å². The molecule has 258 valence electrons. The Kier molecular flexibility index (Phi) is 8.20. The molecule has 0 spiro atoms. The molecule has 0 radical (unpaired) electrons. The summed E-state index contributed by atoms with van der Waals surface area (Å²) < 4.78 is 2.27. The summed E-state index contributed by atoms with van der Waals surface area (Å²) in [6, 6.07) is 55.1. The molecule has 0 N–H and O–H groups in total. The molecule has 5 heterocycles. The minimum atomic E-state index is 0.522. The van der Waals surface area contributed by atoms with Crippen molar-refractivity contribution >= 4 is 31.6 Å². The zero-order valence-electron chi connectivity index (χ0n) is 29.3. The molecule has 0 bridgehead atoms. The van der Waals surface area contributed by atoms with Crippen LogP contribution >= 0.6 is 11.3 Å². The van der Waals surface area contributed by atoms with Crippen molar-refractivity contribution in [3.8, 4) is 79.3 Å². The van der Waals surface area contributed by atoms with Gasteiger partial charge >= 0.3 is 0 Å². The van der Waals surface area contributed by atoms with E-state index in [2.05, 4.69) is 36.4 Å². The first-order valence-electron chi connectivity index (χ1n) is 17.9. The van der Waals surface area contributed by atoms with Gasteiger partial charge in [0.2, 0.25) is 0 Å². The van der Waals surface area contributed by atoms with Crippen molar-refractivity contribution in [3.63, 3.8) is 0 Å². The van der Waals surface area contributed by atoms with E-state index in [9.17, 15) is 0 Å². The van der Waals surface area contributed by atoms with E-state index in [4.69, 9.17) is 34.9 Å². The lowest BCUT2D eigenvalue weighted by molar-refractivity contribution is 1.07. The minimum Gasteiger partial charge on any atom is -0.255 e. The third-order valence-corrected chi connectivity index (χ3v) is 10.7. The van der Waals surface area contributed by atoms with E-state index in [0.29, 0.717) is 23.3 Å². The second kappa shape index (κ2) is 13.9. The van der Waals surface area contributed by atoms with Crippen LogP contribution < -0.4 is 0 Å². The molecule has 7 nitrogen and oxygen atoms in total. The first kappa shape index (κ1) is 32.4. The summed E-state index contributed by atoms with van der Waals surface area (Å²) in [5.41, 5.74) is 10.1. The van der Waals surface area contributed by atoms with E-state index in [1.165, 1.54) is 4.70 Å². The summed E-state index contributed by atoms with van der Waals surface area (Å²) in [5.74, 6) is 2.24. The van der Waals surface area contributed by atoms with E-state index in [1.807, 2.05) is 140 Å². The number of hydrogen-bond acceptors (Lipinski definition) is 8. The summed E-state index contributed by atoms with van der Waals surface area (Å²) in [4.78, 5) is 34.7. The third-order valence-electron chi connectivity index (χ3n) is 9.49. The Hall–Kier alpha value is -7.29. The largest absolute Gasteiger partial charge is 0.255 e. The van der Waals surface area contributed by atoms with Gasteiger partial charge in [-0.25, -0.2) is 24.9 Å². The molecule has 0 aliphatic heterocycles. The molecule has 0 aliphatic carbocycles. The quantitative estimate of drug-likeness (QED) is 0.162. The average Bonchev–Trinajstić information content (AvgIpc) is 3.66. The van der Waals surface area contributed by atoms with Gasteiger partial charge in [0.05, 0.1) is 27.3 Å². The van der Waals surface area contributed by atoms with E-state index in [-0.39, 0.29) is 0 Å². The Bertz CT molecular complexity index is 2830. The Morgan fingerprint density at radius 2 is 0.764 bits per heavy atom. The lowest BCUT2D eigenvalue weighted by Crippen LogP contribution is -2.01. The molecule has 0 unspecified atom stereocenters. The van der Waals surface area contributed by atoms with Crippen molar-refractivity contribution < 1.29 is 0 Å². The van der Waals surface area contributed by atoms with E-state index in [1.54, 1.807) is 11.3 Å². The lowest BCUT2D eigenvalue weighted by Gasteiger charge is -2.10. The average molecular weight is 724 g/mol. The molecular formula is C47H29N7S. The second-order valence-electron chi connectivity index (χ2n) is 13.0. The number of thiophene rings is 1. The first-order valence-corrected chi connectivity index (χ1v) is 18.7. The Labute approximate surface area is 320 Å². The van der Waals surface area contributed by atoms with Gasteiger partial charge in [-0.3, -0.25) is 9.97 Å². The smallest absolute Gasteiger partial charge is 0.165 e. The van der Waals surface area contributed by atoms with Crippen LogP contribution in [0.2, 0.25) is 0 Å². The molecule has 0 fully saturated rings. The molecule has 5 aromatic heterocycles. The zero-order chi connectivity index (χ0) is 36.6. The summed E-state index contributed by atoms with van der Waals surface area (Å²) in [5, 5.41) is 1.13. The van der Waals surface area contributed by atoms with Gasteiger partial charge in [-0.1, -0.05) is 133 Å². The standard InChI is InChI=1S/C47H29N7S/c1-4-12-30(13-5-1)38-26-24-35(28-48-38)46-52-45(53-47(54-46)36-25-27-39(49-29-36)31-14-6-2-7-15-31)34-22-20-33(21-23-34)44-50-41(32-16-8-3-9-17-32)43-42(51-44)37-18-10-11-19-40(37)55-43/h1-29H. The van der Waals surface area contributed by atoms with Gasteiger partial charge in [-0.15, -0.1) is 11.3 Å². The maximum absolute atomic E-state index is 5.15. The fourth-order valence-corrected chi connectivity index (χ4v) is 7.81. The van der Waals surface area contributed by atoms with E-state index >= 15 is 0 Å². The van der Waals surface area contributed by atoms with Crippen molar-refractivity contribution in [3.05, 3.63) is 176 Å². The monoisotopic (exact) mass is 723 g/mol.